The molecular weight excluding hydrogens is 236 g/mol. The van der Waals surface area contributed by atoms with E-state index in [0.29, 0.717) is 12.3 Å². The lowest BCUT2D eigenvalue weighted by Crippen LogP contribution is -2.24. The van der Waals surface area contributed by atoms with Crippen LogP contribution in [-0.4, -0.2) is 11.7 Å². The molecule has 0 radical (unpaired) electrons. The molecule has 0 bridgehead atoms. The fourth-order valence-corrected chi connectivity index (χ4v) is 2.15. The maximum Gasteiger partial charge on any atom is 0.123 e. The maximum atomic E-state index is 10.6. The SMILES string of the molecule is CC(C)(C)c1cc([C@@H](N)CN)cc(C(C)(C)C)c1O. The van der Waals surface area contributed by atoms with Crippen molar-refractivity contribution < 1.29 is 5.11 Å². The predicted octanol–water partition coefficient (Wildman–Crippen LogP) is 2.95. The second-order valence-electron chi connectivity index (χ2n) is 7.31. The number of benzene rings is 1. The predicted molar refractivity (Wildman–Crippen MR) is 81.5 cm³/mol. The Morgan fingerprint density at radius 1 is 1.00 bits per heavy atom. The molecule has 108 valence electrons. The molecule has 3 nitrogen and oxygen atoms in total. The van der Waals surface area contributed by atoms with Crippen LogP contribution in [0.5, 0.6) is 5.75 Å². The first kappa shape index (κ1) is 16.0. The Bertz CT molecular complexity index is 418. The minimum atomic E-state index is -0.192. The van der Waals surface area contributed by atoms with Crippen molar-refractivity contribution >= 4 is 0 Å². The monoisotopic (exact) mass is 264 g/mol. The summed E-state index contributed by atoms with van der Waals surface area (Å²) in [5.74, 6) is 0.382. The number of phenolic OH excluding ortho intramolecular Hbond substituents is 1. The van der Waals surface area contributed by atoms with E-state index >= 15 is 0 Å². The second-order valence-corrected chi connectivity index (χ2v) is 7.31. The van der Waals surface area contributed by atoms with E-state index in [-0.39, 0.29) is 16.9 Å². The van der Waals surface area contributed by atoms with Gasteiger partial charge < -0.3 is 16.6 Å². The summed E-state index contributed by atoms with van der Waals surface area (Å²) in [7, 11) is 0. The molecule has 0 saturated carbocycles. The van der Waals surface area contributed by atoms with Crippen LogP contribution in [0.2, 0.25) is 0 Å². The molecule has 1 aromatic rings. The van der Waals surface area contributed by atoms with Crippen LogP contribution in [0.3, 0.4) is 0 Å². The number of hydrogen-bond acceptors (Lipinski definition) is 3. The van der Waals surface area contributed by atoms with Gasteiger partial charge in [-0.2, -0.15) is 0 Å². The molecule has 0 heterocycles. The van der Waals surface area contributed by atoms with Crippen LogP contribution in [0.4, 0.5) is 0 Å². The minimum Gasteiger partial charge on any atom is -0.507 e. The van der Waals surface area contributed by atoms with Gasteiger partial charge in [0.2, 0.25) is 0 Å². The van der Waals surface area contributed by atoms with E-state index in [1.807, 2.05) is 12.1 Å². The summed E-state index contributed by atoms with van der Waals surface area (Å²) >= 11 is 0. The van der Waals surface area contributed by atoms with Crippen molar-refractivity contribution in [1.29, 1.82) is 0 Å². The van der Waals surface area contributed by atoms with Crippen LogP contribution in [0, 0.1) is 0 Å². The number of rotatable bonds is 2. The molecule has 1 aromatic carbocycles. The number of hydrogen-bond donors (Lipinski definition) is 3. The number of phenols is 1. The summed E-state index contributed by atoms with van der Waals surface area (Å²) in [5, 5.41) is 10.6. The van der Waals surface area contributed by atoms with Crippen LogP contribution in [-0.2, 0) is 10.8 Å². The number of nitrogens with two attached hydrogens (primary N) is 2. The lowest BCUT2D eigenvalue weighted by Gasteiger charge is -2.29. The molecule has 0 fully saturated rings. The highest BCUT2D eigenvalue weighted by Crippen LogP contribution is 2.40. The van der Waals surface area contributed by atoms with Gasteiger partial charge in [-0.05, 0) is 39.7 Å². The Morgan fingerprint density at radius 2 is 1.37 bits per heavy atom. The number of aromatic hydroxyl groups is 1. The van der Waals surface area contributed by atoms with E-state index in [4.69, 9.17) is 11.5 Å². The molecule has 0 saturated heterocycles. The van der Waals surface area contributed by atoms with Gasteiger partial charge in [0.25, 0.3) is 0 Å². The molecule has 0 aliphatic carbocycles. The van der Waals surface area contributed by atoms with E-state index < -0.39 is 0 Å². The quantitative estimate of drug-likeness (QED) is 0.769. The summed E-state index contributed by atoms with van der Waals surface area (Å²) < 4.78 is 0. The van der Waals surface area contributed by atoms with Gasteiger partial charge in [0.05, 0.1) is 0 Å². The summed E-state index contributed by atoms with van der Waals surface area (Å²) in [4.78, 5) is 0. The highest BCUT2D eigenvalue weighted by atomic mass is 16.3. The van der Waals surface area contributed by atoms with Gasteiger partial charge >= 0.3 is 0 Å². The Hall–Kier alpha value is -1.06. The van der Waals surface area contributed by atoms with Crippen molar-refractivity contribution in [3.8, 4) is 5.75 Å². The third-order valence-corrected chi connectivity index (χ3v) is 3.43. The molecule has 5 N–H and O–H groups in total. The fourth-order valence-electron chi connectivity index (χ4n) is 2.15. The van der Waals surface area contributed by atoms with Crippen LogP contribution >= 0.6 is 0 Å². The van der Waals surface area contributed by atoms with Gasteiger partial charge in [-0.1, -0.05) is 41.5 Å². The zero-order valence-corrected chi connectivity index (χ0v) is 13.0. The van der Waals surface area contributed by atoms with Crippen LogP contribution in [0.25, 0.3) is 0 Å². The molecule has 0 amide bonds. The molecule has 0 unspecified atom stereocenters. The summed E-state index contributed by atoms with van der Waals surface area (Å²) in [6.45, 7) is 12.9. The minimum absolute atomic E-state index is 0.131. The van der Waals surface area contributed by atoms with E-state index in [0.717, 1.165) is 16.7 Å². The maximum absolute atomic E-state index is 10.6. The standard InChI is InChI=1S/C16H28N2O/c1-15(2,3)11-7-10(13(18)9-17)8-12(14(11)19)16(4,5)6/h7-8,13,19H,9,17-18H2,1-6H3/t13-/m0/s1. The van der Waals surface area contributed by atoms with E-state index in [9.17, 15) is 5.11 Å². The zero-order chi connectivity index (χ0) is 15.0. The lowest BCUT2D eigenvalue weighted by molar-refractivity contribution is 0.422. The normalized spacial score (nSPS) is 14.5. The van der Waals surface area contributed by atoms with Gasteiger partial charge in [0, 0.05) is 12.6 Å². The second kappa shape index (κ2) is 5.14. The highest BCUT2D eigenvalue weighted by molar-refractivity contribution is 5.50. The molecule has 0 aromatic heterocycles. The van der Waals surface area contributed by atoms with Crippen molar-refractivity contribution in [3.63, 3.8) is 0 Å². The van der Waals surface area contributed by atoms with Crippen LogP contribution < -0.4 is 11.5 Å². The fraction of sp³-hybridized carbons (Fsp3) is 0.625. The van der Waals surface area contributed by atoms with Gasteiger partial charge in [0.1, 0.15) is 5.75 Å². The van der Waals surface area contributed by atoms with Gasteiger partial charge in [-0.3, -0.25) is 0 Å². The third-order valence-electron chi connectivity index (χ3n) is 3.43. The first-order valence-corrected chi connectivity index (χ1v) is 6.82. The van der Waals surface area contributed by atoms with Crippen molar-refractivity contribution in [2.24, 2.45) is 11.5 Å². The average molecular weight is 264 g/mol. The van der Waals surface area contributed by atoms with Gasteiger partial charge in [-0.15, -0.1) is 0 Å². The van der Waals surface area contributed by atoms with Crippen LogP contribution in [0.15, 0.2) is 12.1 Å². The molecule has 19 heavy (non-hydrogen) atoms. The Morgan fingerprint density at radius 3 is 1.63 bits per heavy atom. The Labute approximate surface area is 117 Å². The first-order valence-electron chi connectivity index (χ1n) is 6.82. The summed E-state index contributed by atoms with van der Waals surface area (Å²) in [6.07, 6.45) is 0. The summed E-state index contributed by atoms with van der Waals surface area (Å²) in [5.41, 5.74) is 14.3. The third kappa shape index (κ3) is 3.48. The Balaban J connectivity index is 3.57. The van der Waals surface area contributed by atoms with Crippen molar-refractivity contribution in [1.82, 2.24) is 0 Å². The van der Waals surface area contributed by atoms with E-state index in [1.54, 1.807) is 0 Å². The highest BCUT2D eigenvalue weighted by Gasteiger charge is 2.27. The molecule has 0 aliphatic rings. The lowest BCUT2D eigenvalue weighted by atomic mass is 9.78. The molecule has 1 atom stereocenters. The molecule has 1 rings (SSSR count). The van der Waals surface area contributed by atoms with Gasteiger partial charge in [-0.25, -0.2) is 0 Å². The van der Waals surface area contributed by atoms with Crippen molar-refractivity contribution in [2.45, 2.75) is 58.4 Å². The molecule has 3 heteroatoms. The van der Waals surface area contributed by atoms with Gasteiger partial charge in [0.15, 0.2) is 0 Å². The van der Waals surface area contributed by atoms with Crippen LogP contribution in [0.1, 0.15) is 64.3 Å². The Kier molecular flexibility index (Phi) is 4.33. The topological polar surface area (TPSA) is 72.3 Å². The first-order chi connectivity index (χ1) is 8.48. The molecule has 0 aliphatic heterocycles. The molecule has 0 spiro atoms. The van der Waals surface area contributed by atoms with E-state index in [2.05, 4.69) is 41.5 Å². The molecular formula is C16H28N2O. The zero-order valence-electron chi connectivity index (χ0n) is 13.0. The average Bonchev–Trinajstić information content (AvgIpc) is 2.25. The van der Waals surface area contributed by atoms with E-state index in [1.165, 1.54) is 0 Å². The van der Waals surface area contributed by atoms with Crippen molar-refractivity contribution in [3.05, 3.63) is 28.8 Å². The summed E-state index contributed by atoms with van der Waals surface area (Å²) in [6, 6.07) is 3.78. The smallest absolute Gasteiger partial charge is 0.123 e. The largest absolute Gasteiger partial charge is 0.507 e. The van der Waals surface area contributed by atoms with Crippen molar-refractivity contribution in [2.75, 3.05) is 6.54 Å².